The van der Waals surface area contributed by atoms with Gasteiger partial charge in [-0.1, -0.05) is 0 Å². The summed E-state index contributed by atoms with van der Waals surface area (Å²) in [6.45, 7) is 0. The molecule has 4 N–H and O–H groups in total. The van der Waals surface area contributed by atoms with Gasteiger partial charge in [0.25, 0.3) is 0 Å². The summed E-state index contributed by atoms with van der Waals surface area (Å²) in [5, 5.41) is 0.661. The SMILES string of the molecule is Nc1nc(C2(N)CC2)nc2cc(F)ccc12. The molecule has 0 aliphatic heterocycles. The second-order valence-electron chi connectivity index (χ2n) is 4.25. The Bertz CT molecular complexity index is 577. The Morgan fingerprint density at radius 1 is 1.25 bits per heavy atom. The first-order valence-corrected chi connectivity index (χ1v) is 5.11. The van der Waals surface area contributed by atoms with Crippen molar-refractivity contribution in [3.05, 3.63) is 29.8 Å². The third-order valence-electron chi connectivity index (χ3n) is 2.92. The van der Waals surface area contributed by atoms with Crippen molar-refractivity contribution in [3.8, 4) is 0 Å². The van der Waals surface area contributed by atoms with E-state index < -0.39 is 5.54 Å². The van der Waals surface area contributed by atoms with Crippen molar-refractivity contribution in [2.24, 2.45) is 5.73 Å². The number of benzene rings is 1. The lowest BCUT2D eigenvalue weighted by molar-refractivity contribution is 0.628. The molecule has 1 aliphatic carbocycles. The standard InChI is InChI=1S/C11H11FN4/c12-6-1-2-7-8(5-6)15-10(16-9(7)13)11(14)3-4-11/h1-2,5H,3-4,14H2,(H2,13,15,16). The largest absolute Gasteiger partial charge is 0.383 e. The van der Waals surface area contributed by atoms with E-state index in [0.29, 0.717) is 22.5 Å². The normalized spacial score (nSPS) is 17.6. The minimum Gasteiger partial charge on any atom is -0.383 e. The maximum absolute atomic E-state index is 13.1. The van der Waals surface area contributed by atoms with Gasteiger partial charge in [0.05, 0.1) is 11.1 Å². The van der Waals surface area contributed by atoms with Crippen LogP contribution in [0.25, 0.3) is 10.9 Å². The Hall–Kier alpha value is -1.75. The van der Waals surface area contributed by atoms with Gasteiger partial charge < -0.3 is 11.5 Å². The number of hydrogen-bond donors (Lipinski definition) is 2. The van der Waals surface area contributed by atoms with Gasteiger partial charge in [-0.2, -0.15) is 0 Å². The maximum Gasteiger partial charge on any atom is 0.151 e. The number of nitrogens with zero attached hydrogens (tertiary/aromatic N) is 2. The van der Waals surface area contributed by atoms with Gasteiger partial charge in [-0.05, 0) is 25.0 Å². The van der Waals surface area contributed by atoms with E-state index in [0.717, 1.165) is 12.8 Å². The van der Waals surface area contributed by atoms with Crippen molar-refractivity contribution < 1.29 is 4.39 Å². The van der Waals surface area contributed by atoms with Gasteiger partial charge in [0, 0.05) is 11.5 Å². The number of nitrogen functional groups attached to an aromatic ring is 1. The Morgan fingerprint density at radius 2 is 2.00 bits per heavy atom. The van der Waals surface area contributed by atoms with Crippen molar-refractivity contribution in [2.75, 3.05) is 5.73 Å². The number of rotatable bonds is 1. The van der Waals surface area contributed by atoms with Crippen molar-refractivity contribution in [1.29, 1.82) is 0 Å². The Balaban J connectivity index is 2.27. The van der Waals surface area contributed by atoms with E-state index in [9.17, 15) is 4.39 Å². The zero-order valence-electron chi connectivity index (χ0n) is 8.57. The topological polar surface area (TPSA) is 77.8 Å². The van der Waals surface area contributed by atoms with E-state index in [1.54, 1.807) is 6.07 Å². The predicted octanol–water partition coefficient (Wildman–Crippen LogP) is 1.30. The monoisotopic (exact) mass is 218 g/mol. The number of nitrogens with two attached hydrogens (primary N) is 2. The van der Waals surface area contributed by atoms with Crippen LogP contribution in [0.5, 0.6) is 0 Å². The van der Waals surface area contributed by atoms with Gasteiger partial charge in [0.1, 0.15) is 11.6 Å². The van der Waals surface area contributed by atoms with Crippen LogP contribution in [0.4, 0.5) is 10.2 Å². The molecule has 4 nitrogen and oxygen atoms in total. The molecule has 1 aromatic heterocycles. The molecule has 5 heteroatoms. The number of aromatic nitrogens is 2. The van der Waals surface area contributed by atoms with Gasteiger partial charge in [0.2, 0.25) is 0 Å². The quantitative estimate of drug-likeness (QED) is 0.756. The molecular formula is C11H11FN4. The highest BCUT2D eigenvalue weighted by atomic mass is 19.1. The molecule has 0 amide bonds. The van der Waals surface area contributed by atoms with E-state index >= 15 is 0 Å². The maximum atomic E-state index is 13.1. The summed E-state index contributed by atoms with van der Waals surface area (Å²) in [5.74, 6) is 0.540. The third kappa shape index (κ3) is 1.32. The van der Waals surface area contributed by atoms with Crippen LogP contribution >= 0.6 is 0 Å². The molecule has 1 aliphatic rings. The van der Waals surface area contributed by atoms with Gasteiger partial charge in [-0.25, -0.2) is 14.4 Å². The highest BCUT2D eigenvalue weighted by molar-refractivity contribution is 5.88. The lowest BCUT2D eigenvalue weighted by Gasteiger charge is -2.09. The Morgan fingerprint density at radius 3 is 2.69 bits per heavy atom. The second-order valence-corrected chi connectivity index (χ2v) is 4.25. The van der Waals surface area contributed by atoms with Crippen molar-refractivity contribution >= 4 is 16.7 Å². The predicted molar refractivity (Wildman–Crippen MR) is 59.0 cm³/mol. The summed E-state index contributed by atoms with van der Waals surface area (Å²) in [7, 11) is 0. The number of anilines is 1. The molecule has 0 saturated heterocycles. The molecule has 82 valence electrons. The zero-order valence-corrected chi connectivity index (χ0v) is 8.57. The van der Waals surface area contributed by atoms with Crippen LogP contribution in [-0.4, -0.2) is 9.97 Å². The first-order valence-electron chi connectivity index (χ1n) is 5.11. The van der Waals surface area contributed by atoms with Crippen LogP contribution in [0, 0.1) is 5.82 Å². The summed E-state index contributed by atoms with van der Waals surface area (Å²) in [6, 6.07) is 4.28. The van der Waals surface area contributed by atoms with E-state index in [1.165, 1.54) is 12.1 Å². The second kappa shape index (κ2) is 2.89. The first-order chi connectivity index (χ1) is 7.58. The fourth-order valence-corrected chi connectivity index (χ4v) is 1.71. The summed E-state index contributed by atoms with van der Waals surface area (Å²) in [4.78, 5) is 8.46. The average molecular weight is 218 g/mol. The van der Waals surface area contributed by atoms with Crippen molar-refractivity contribution in [2.45, 2.75) is 18.4 Å². The van der Waals surface area contributed by atoms with Gasteiger partial charge in [-0.15, -0.1) is 0 Å². The summed E-state index contributed by atoms with van der Waals surface area (Å²) >= 11 is 0. The first kappa shape index (κ1) is 9.47. The average Bonchev–Trinajstić information content (AvgIpc) is 2.97. The molecule has 0 bridgehead atoms. The Kier molecular flexibility index (Phi) is 1.71. The lowest BCUT2D eigenvalue weighted by atomic mass is 10.2. The molecule has 0 unspecified atom stereocenters. The molecule has 16 heavy (non-hydrogen) atoms. The smallest absolute Gasteiger partial charge is 0.151 e. The molecule has 0 radical (unpaired) electrons. The van der Waals surface area contributed by atoms with Crippen LogP contribution < -0.4 is 11.5 Å². The summed E-state index contributed by atoms with van der Waals surface area (Å²) < 4.78 is 13.1. The van der Waals surface area contributed by atoms with Crippen LogP contribution in [0.2, 0.25) is 0 Å². The molecule has 0 spiro atoms. The van der Waals surface area contributed by atoms with E-state index in [1.807, 2.05) is 0 Å². The molecule has 3 rings (SSSR count). The molecule has 1 heterocycles. The Labute approximate surface area is 91.5 Å². The van der Waals surface area contributed by atoms with Crippen molar-refractivity contribution in [3.63, 3.8) is 0 Å². The lowest BCUT2D eigenvalue weighted by Crippen LogP contribution is -2.22. The van der Waals surface area contributed by atoms with E-state index in [-0.39, 0.29) is 5.82 Å². The zero-order chi connectivity index (χ0) is 11.3. The minimum atomic E-state index is -0.450. The molecule has 1 fully saturated rings. The summed E-state index contributed by atoms with van der Waals surface area (Å²) in [5.41, 5.74) is 11.9. The van der Waals surface area contributed by atoms with E-state index in [2.05, 4.69) is 9.97 Å². The molecule has 1 saturated carbocycles. The highest BCUT2D eigenvalue weighted by Gasteiger charge is 2.43. The van der Waals surface area contributed by atoms with Crippen LogP contribution in [0.3, 0.4) is 0 Å². The number of halogens is 1. The third-order valence-corrected chi connectivity index (χ3v) is 2.92. The molecule has 0 atom stereocenters. The fraction of sp³-hybridized carbons (Fsp3) is 0.273. The number of hydrogen-bond acceptors (Lipinski definition) is 4. The van der Waals surface area contributed by atoms with Gasteiger partial charge in [-0.3, -0.25) is 0 Å². The van der Waals surface area contributed by atoms with Gasteiger partial charge in [0.15, 0.2) is 5.82 Å². The highest BCUT2D eigenvalue weighted by Crippen LogP contribution is 2.41. The molecule has 1 aromatic carbocycles. The molecule has 2 aromatic rings. The van der Waals surface area contributed by atoms with E-state index in [4.69, 9.17) is 11.5 Å². The minimum absolute atomic E-state index is 0.335. The van der Waals surface area contributed by atoms with Crippen LogP contribution in [-0.2, 0) is 5.54 Å². The van der Waals surface area contributed by atoms with Crippen molar-refractivity contribution in [1.82, 2.24) is 9.97 Å². The number of fused-ring (bicyclic) bond motifs is 1. The van der Waals surface area contributed by atoms with Crippen LogP contribution in [0.15, 0.2) is 18.2 Å². The fourth-order valence-electron chi connectivity index (χ4n) is 1.71. The molecular weight excluding hydrogens is 207 g/mol. The van der Waals surface area contributed by atoms with Crippen LogP contribution in [0.1, 0.15) is 18.7 Å². The van der Waals surface area contributed by atoms with Gasteiger partial charge >= 0.3 is 0 Å². The summed E-state index contributed by atoms with van der Waals surface area (Å²) in [6.07, 6.45) is 1.71.